The zero-order chi connectivity index (χ0) is 19.7. The van der Waals surface area contributed by atoms with Crippen molar-refractivity contribution in [1.29, 1.82) is 0 Å². The summed E-state index contributed by atoms with van der Waals surface area (Å²) in [4.78, 5) is 21.3. The van der Waals surface area contributed by atoms with Crippen molar-refractivity contribution in [1.82, 2.24) is 9.88 Å². The van der Waals surface area contributed by atoms with E-state index in [4.69, 9.17) is 4.42 Å². The van der Waals surface area contributed by atoms with Crippen LogP contribution >= 0.6 is 0 Å². The molecular formula is C23H27N3O2. The zero-order valence-corrected chi connectivity index (χ0v) is 16.8. The first-order valence-corrected chi connectivity index (χ1v) is 9.97. The van der Waals surface area contributed by atoms with Crippen molar-refractivity contribution in [2.24, 2.45) is 0 Å². The second kappa shape index (κ2) is 7.76. The number of hydrogen-bond donors (Lipinski definition) is 0. The van der Waals surface area contributed by atoms with Gasteiger partial charge in [0.2, 0.25) is 0 Å². The van der Waals surface area contributed by atoms with Gasteiger partial charge in [-0.1, -0.05) is 19.9 Å². The smallest absolute Gasteiger partial charge is 0.336 e. The molecule has 3 heterocycles. The van der Waals surface area contributed by atoms with Crippen molar-refractivity contribution in [3.05, 3.63) is 69.7 Å². The summed E-state index contributed by atoms with van der Waals surface area (Å²) in [5, 5.41) is 1.06. The molecule has 0 amide bonds. The van der Waals surface area contributed by atoms with Crippen molar-refractivity contribution in [2.75, 3.05) is 31.1 Å². The molecule has 0 aliphatic carbocycles. The lowest BCUT2D eigenvalue weighted by Gasteiger charge is -2.35. The quantitative estimate of drug-likeness (QED) is 0.645. The van der Waals surface area contributed by atoms with E-state index in [1.165, 1.54) is 11.1 Å². The highest BCUT2D eigenvalue weighted by Gasteiger charge is 2.19. The Kier molecular flexibility index (Phi) is 5.18. The van der Waals surface area contributed by atoms with Gasteiger partial charge < -0.3 is 9.32 Å². The van der Waals surface area contributed by atoms with Crippen LogP contribution in [0.4, 0.5) is 5.82 Å². The molecular weight excluding hydrogens is 350 g/mol. The number of anilines is 1. The fourth-order valence-corrected chi connectivity index (χ4v) is 4.06. The van der Waals surface area contributed by atoms with Gasteiger partial charge in [-0.25, -0.2) is 9.78 Å². The number of hydrogen-bond acceptors (Lipinski definition) is 5. The van der Waals surface area contributed by atoms with Crippen LogP contribution < -0.4 is 10.5 Å². The maximum atomic E-state index is 12.1. The number of piperazine rings is 1. The van der Waals surface area contributed by atoms with Crippen LogP contribution in [0.1, 0.15) is 36.5 Å². The van der Waals surface area contributed by atoms with Crippen molar-refractivity contribution in [3.63, 3.8) is 0 Å². The first-order chi connectivity index (χ1) is 13.5. The highest BCUT2D eigenvalue weighted by Crippen LogP contribution is 2.27. The lowest BCUT2D eigenvalue weighted by Crippen LogP contribution is -2.46. The number of aryl methyl sites for hydroxylation is 1. The Bertz CT molecular complexity index is 1020. The minimum Gasteiger partial charge on any atom is -0.423 e. The van der Waals surface area contributed by atoms with E-state index in [2.05, 4.69) is 47.7 Å². The van der Waals surface area contributed by atoms with E-state index in [1.54, 1.807) is 6.07 Å². The van der Waals surface area contributed by atoms with E-state index < -0.39 is 0 Å². The Morgan fingerprint density at radius 1 is 1.11 bits per heavy atom. The van der Waals surface area contributed by atoms with Crippen LogP contribution in [0.25, 0.3) is 11.0 Å². The third-order valence-electron chi connectivity index (χ3n) is 5.58. The van der Waals surface area contributed by atoms with Crippen LogP contribution in [0.3, 0.4) is 0 Å². The molecule has 5 heteroatoms. The number of rotatable bonds is 4. The maximum Gasteiger partial charge on any atom is 0.336 e. The molecule has 1 fully saturated rings. The summed E-state index contributed by atoms with van der Waals surface area (Å²) in [6.45, 7) is 11.0. The van der Waals surface area contributed by atoms with Gasteiger partial charge in [-0.05, 0) is 53.8 Å². The van der Waals surface area contributed by atoms with Crippen molar-refractivity contribution in [3.8, 4) is 0 Å². The minimum absolute atomic E-state index is 0.272. The molecule has 146 valence electrons. The molecule has 0 bridgehead atoms. The summed E-state index contributed by atoms with van der Waals surface area (Å²) in [6, 6.07) is 11.9. The normalized spacial score (nSPS) is 15.5. The highest BCUT2D eigenvalue weighted by molar-refractivity contribution is 5.82. The molecule has 1 aromatic carbocycles. The predicted octanol–water partition coefficient (Wildman–Crippen LogP) is 3.94. The Balaban J connectivity index is 1.56. The third-order valence-corrected chi connectivity index (χ3v) is 5.58. The molecule has 0 atom stereocenters. The number of nitrogens with zero attached hydrogens (tertiary/aromatic N) is 3. The van der Waals surface area contributed by atoms with Crippen LogP contribution in [-0.2, 0) is 6.54 Å². The number of fused-ring (bicyclic) bond motifs is 1. The summed E-state index contributed by atoms with van der Waals surface area (Å²) in [7, 11) is 0. The van der Waals surface area contributed by atoms with Gasteiger partial charge in [-0.15, -0.1) is 0 Å². The molecule has 0 unspecified atom stereocenters. The molecule has 28 heavy (non-hydrogen) atoms. The summed E-state index contributed by atoms with van der Waals surface area (Å²) < 4.78 is 5.49. The van der Waals surface area contributed by atoms with Crippen molar-refractivity contribution >= 4 is 16.8 Å². The molecule has 1 aliphatic heterocycles. The second-order valence-electron chi connectivity index (χ2n) is 7.90. The van der Waals surface area contributed by atoms with Crippen LogP contribution in [0.5, 0.6) is 0 Å². The molecule has 5 nitrogen and oxygen atoms in total. The van der Waals surface area contributed by atoms with E-state index >= 15 is 0 Å². The first kappa shape index (κ1) is 18.7. The van der Waals surface area contributed by atoms with Gasteiger partial charge in [0, 0.05) is 50.4 Å². The Morgan fingerprint density at radius 3 is 2.57 bits per heavy atom. The fraction of sp³-hybridized carbons (Fsp3) is 0.391. The van der Waals surface area contributed by atoms with E-state index in [9.17, 15) is 4.79 Å². The zero-order valence-electron chi connectivity index (χ0n) is 16.8. The van der Waals surface area contributed by atoms with Crippen LogP contribution in [0, 0.1) is 6.92 Å². The predicted molar refractivity (Wildman–Crippen MR) is 113 cm³/mol. The molecule has 3 aromatic rings. The monoisotopic (exact) mass is 377 g/mol. The van der Waals surface area contributed by atoms with Crippen LogP contribution in [-0.4, -0.2) is 36.1 Å². The highest BCUT2D eigenvalue weighted by atomic mass is 16.4. The Labute approximate surface area is 165 Å². The summed E-state index contributed by atoms with van der Waals surface area (Å²) in [5.41, 5.74) is 3.96. The Hall–Kier alpha value is -2.66. The topological polar surface area (TPSA) is 49.6 Å². The van der Waals surface area contributed by atoms with E-state index in [-0.39, 0.29) is 5.63 Å². The van der Waals surface area contributed by atoms with Gasteiger partial charge in [0.25, 0.3) is 0 Å². The van der Waals surface area contributed by atoms with Crippen LogP contribution in [0.15, 0.2) is 51.8 Å². The van der Waals surface area contributed by atoms with Crippen molar-refractivity contribution < 1.29 is 4.42 Å². The largest absolute Gasteiger partial charge is 0.423 e. The van der Waals surface area contributed by atoms with Gasteiger partial charge in [-0.3, -0.25) is 4.90 Å². The van der Waals surface area contributed by atoms with Crippen LogP contribution in [0.2, 0.25) is 0 Å². The molecule has 0 spiro atoms. The lowest BCUT2D eigenvalue weighted by atomic mass is 9.95. The van der Waals surface area contributed by atoms with Crippen molar-refractivity contribution in [2.45, 2.75) is 33.2 Å². The standard InChI is InChI=1S/C23H27N3O2/c1-16(2)19-14-20-18(13-23(27)28-21(20)12-17(19)3)15-25-8-10-26(11-9-25)22-6-4-5-7-24-22/h4-7,12-14,16H,8-11,15H2,1-3H3. The SMILES string of the molecule is Cc1cc2oc(=O)cc(CN3CCN(c4ccccn4)CC3)c2cc1C(C)C. The number of benzene rings is 1. The molecule has 1 saturated heterocycles. The third kappa shape index (κ3) is 3.80. The molecule has 4 rings (SSSR count). The lowest BCUT2D eigenvalue weighted by molar-refractivity contribution is 0.249. The summed E-state index contributed by atoms with van der Waals surface area (Å²) >= 11 is 0. The van der Waals surface area contributed by atoms with Gasteiger partial charge in [0.05, 0.1) is 0 Å². The van der Waals surface area contributed by atoms with Gasteiger partial charge in [0.1, 0.15) is 11.4 Å². The summed E-state index contributed by atoms with van der Waals surface area (Å²) in [5.74, 6) is 1.47. The minimum atomic E-state index is -0.272. The number of aromatic nitrogens is 1. The maximum absolute atomic E-state index is 12.1. The second-order valence-corrected chi connectivity index (χ2v) is 7.90. The van der Waals surface area contributed by atoms with Gasteiger partial charge in [0.15, 0.2) is 0 Å². The average Bonchev–Trinajstić information content (AvgIpc) is 2.68. The van der Waals surface area contributed by atoms with E-state index in [1.807, 2.05) is 24.4 Å². The summed E-state index contributed by atoms with van der Waals surface area (Å²) in [6.07, 6.45) is 1.84. The molecule has 1 aliphatic rings. The van der Waals surface area contributed by atoms with Gasteiger partial charge >= 0.3 is 5.63 Å². The molecule has 0 radical (unpaired) electrons. The van der Waals surface area contributed by atoms with Gasteiger partial charge in [-0.2, -0.15) is 0 Å². The van der Waals surface area contributed by atoms with E-state index in [0.717, 1.165) is 49.5 Å². The molecule has 0 saturated carbocycles. The first-order valence-electron chi connectivity index (χ1n) is 9.97. The number of pyridine rings is 1. The van der Waals surface area contributed by atoms with E-state index in [0.29, 0.717) is 11.5 Å². The fourth-order valence-electron chi connectivity index (χ4n) is 4.06. The Morgan fingerprint density at radius 2 is 1.89 bits per heavy atom. The average molecular weight is 377 g/mol. The molecule has 0 N–H and O–H groups in total. The molecule has 2 aromatic heterocycles.